The molecule has 4 nitrogen and oxygen atoms in total. The van der Waals surface area contributed by atoms with Crippen molar-refractivity contribution in [2.24, 2.45) is 0 Å². The van der Waals surface area contributed by atoms with E-state index in [-0.39, 0.29) is 0 Å². The second-order valence-electron chi connectivity index (χ2n) is 4.46. The average molecular weight is 304 g/mol. The molecule has 0 amide bonds. The highest BCUT2D eigenvalue weighted by atomic mass is 35.5. The van der Waals surface area contributed by atoms with Gasteiger partial charge >= 0.3 is 5.97 Å². The Morgan fingerprint density at radius 1 is 1.42 bits per heavy atom. The molecule has 1 atom stereocenters. The quantitative estimate of drug-likeness (QED) is 0.929. The largest absolute Gasteiger partial charge is 0.495 e. The number of halogens is 2. The second-order valence-corrected chi connectivity index (χ2v) is 5.24. The van der Waals surface area contributed by atoms with E-state index in [1.54, 1.807) is 17.0 Å². The Morgan fingerprint density at radius 2 is 2.16 bits per heavy atom. The van der Waals surface area contributed by atoms with E-state index in [1.807, 2.05) is 0 Å². The number of carbonyl (C=O) groups is 1. The molecule has 1 unspecified atom stereocenters. The first-order valence-corrected chi connectivity index (χ1v) is 6.83. The van der Waals surface area contributed by atoms with Crippen LogP contribution in [0.25, 0.3) is 0 Å². The van der Waals surface area contributed by atoms with Crippen molar-refractivity contribution in [1.29, 1.82) is 0 Å². The number of aliphatic carboxylic acids is 1. The molecular formula is C13H15Cl2NO3. The number of carboxylic acids is 1. The Bertz CT molecular complexity index is 493. The highest BCUT2D eigenvalue weighted by Crippen LogP contribution is 2.42. The Labute approximate surface area is 121 Å². The van der Waals surface area contributed by atoms with Crippen LogP contribution in [0, 0.1) is 0 Å². The lowest BCUT2D eigenvalue weighted by Crippen LogP contribution is -2.45. The first-order valence-electron chi connectivity index (χ1n) is 6.07. The van der Waals surface area contributed by atoms with Gasteiger partial charge in [-0.25, -0.2) is 4.79 Å². The Balaban J connectivity index is 2.49. The number of hydrogen-bond acceptors (Lipinski definition) is 3. The van der Waals surface area contributed by atoms with Crippen molar-refractivity contribution in [3.05, 3.63) is 22.2 Å². The van der Waals surface area contributed by atoms with Crippen molar-refractivity contribution in [2.45, 2.75) is 25.3 Å². The van der Waals surface area contributed by atoms with Crippen LogP contribution in [-0.2, 0) is 4.79 Å². The monoisotopic (exact) mass is 303 g/mol. The molecule has 0 radical (unpaired) electrons. The van der Waals surface area contributed by atoms with E-state index in [0.717, 1.165) is 12.8 Å². The smallest absolute Gasteiger partial charge is 0.326 e. The van der Waals surface area contributed by atoms with Crippen LogP contribution in [0.3, 0.4) is 0 Å². The van der Waals surface area contributed by atoms with Crippen molar-refractivity contribution >= 4 is 34.9 Å². The van der Waals surface area contributed by atoms with Crippen LogP contribution < -0.4 is 9.64 Å². The van der Waals surface area contributed by atoms with E-state index in [4.69, 9.17) is 27.9 Å². The molecule has 0 spiro atoms. The second kappa shape index (κ2) is 5.88. The summed E-state index contributed by atoms with van der Waals surface area (Å²) in [6.45, 7) is 0.632. The molecule has 0 bridgehead atoms. The average Bonchev–Trinajstić information content (AvgIpc) is 2.41. The molecule has 104 valence electrons. The highest BCUT2D eigenvalue weighted by Gasteiger charge is 2.32. The molecule has 1 aromatic rings. The number of nitrogens with zero attached hydrogens (tertiary/aromatic N) is 1. The third-order valence-electron chi connectivity index (χ3n) is 3.33. The SMILES string of the molecule is COc1ccc(Cl)c(Cl)c1N1CCCCC1C(=O)O. The summed E-state index contributed by atoms with van der Waals surface area (Å²) in [5, 5.41) is 10.1. The Kier molecular flexibility index (Phi) is 4.42. The fraction of sp³-hybridized carbons (Fsp3) is 0.462. The maximum atomic E-state index is 11.4. The van der Waals surface area contributed by atoms with Gasteiger partial charge in [-0.15, -0.1) is 0 Å². The van der Waals surface area contributed by atoms with Gasteiger partial charge in [-0.1, -0.05) is 23.2 Å². The normalized spacial score (nSPS) is 19.3. The molecular weight excluding hydrogens is 289 g/mol. The van der Waals surface area contributed by atoms with Crippen molar-refractivity contribution in [2.75, 3.05) is 18.6 Å². The number of piperidine rings is 1. The summed E-state index contributed by atoms with van der Waals surface area (Å²) in [6, 6.07) is 2.77. The summed E-state index contributed by atoms with van der Waals surface area (Å²) in [5.74, 6) is -0.305. The first kappa shape index (κ1) is 14.3. The number of methoxy groups -OCH3 is 1. The molecule has 1 saturated heterocycles. The molecule has 0 saturated carbocycles. The predicted molar refractivity (Wildman–Crippen MR) is 75.6 cm³/mol. The maximum absolute atomic E-state index is 11.4. The summed E-state index contributed by atoms with van der Waals surface area (Å²) in [4.78, 5) is 13.2. The molecule has 1 aliphatic rings. The third-order valence-corrected chi connectivity index (χ3v) is 4.12. The number of benzene rings is 1. The number of carboxylic acid groups (broad SMARTS) is 1. The first-order chi connectivity index (χ1) is 9.06. The lowest BCUT2D eigenvalue weighted by atomic mass is 10.0. The van der Waals surface area contributed by atoms with E-state index < -0.39 is 12.0 Å². The van der Waals surface area contributed by atoms with E-state index >= 15 is 0 Å². The van der Waals surface area contributed by atoms with E-state index in [0.29, 0.717) is 34.4 Å². The van der Waals surface area contributed by atoms with Gasteiger partial charge in [0.05, 0.1) is 17.2 Å². The lowest BCUT2D eigenvalue weighted by Gasteiger charge is -2.36. The summed E-state index contributed by atoms with van der Waals surface area (Å²) in [5.41, 5.74) is 0.573. The molecule has 1 N–H and O–H groups in total. The zero-order valence-corrected chi connectivity index (χ0v) is 12.0. The Hall–Kier alpha value is -1.13. The zero-order valence-electron chi connectivity index (χ0n) is 10.5. The van der Waals surface area contributed by atoms with Gasteiger partial charge in [0.1, 0.15) is 17.5 Å². The summed E-state index contributed by atoms with van der Waals surface area (Å²) in [7, 11) is 1.53. The van der Waals surface area contributed by atoms with E-state index in [2.05, 4.69) is 0 Å². The Morgan fingerprint density at radius 3 is 2.79 bits per heavy atom. The van der Waals surface area contributed by atoms with Crippen LogP contribution in [0.15, 0.2) is 12.1 Å². The molecule has 2 rings (SSSR count). The van der Waals surface area contributed by atoms with Crippen molar-refractivity contribution in [3.63, 3.8) is 0 Å². The molecule has 1 fully saturated rings. The fourth-order valence-electron chi connectivity index (χ4n) is 2.41. The summed E-state index contributed by atoms with van der Waals surface area (Å²) in [6.07, 6.45) is 2.42. The predicted octanol–water partition coefficient (Wildman–Crippen LogP) is 3.45. The standard InChI is InChI=1S/C13H15Cl2NO3/c1-19-10-6-5-8(14)11(15)12(10)16-7-3-2-4-9(16)13(17)18/h5-6,9H,2-4,7H2,1H3,(H,17,18). The number of ether oxygens (including phenoxy) is 1. The van der Waals surface area contributed by atoms with E-state index in [1.165, 1.54) is 7.11 Å². The minimum absolute atomic E-state index is 0.342. The molecule has 19 heavy (non-hydrogen) atoms. The number of hydrogen-bond donors (Lipinski definition) is 1. The molecule has 0 aromatic heterocycles. The highest BCUT2D eigenvalue weighted by molar-refractivity contribution is 6.44. The van der Waals surface area contributed by atoms with Gasteiger partial charge < -0.3 is 14.7 Å². The van der Waals surface area contributed by atoms with Gasteiger partial charge in [-0.05, 0) is 31.4 Å². The maximum Gasteiger partial charge on any atom is 0.326 e. The van der Waals surface area contributed by atoms with Crippen LogP contribution in [-0.4, -0.2) is 30.8 Å². The van der Waals surface area contributed by atoms with Gasteiger partial charge in [0, 0.05) is 6.54 Å². The van der Waals surface area contributed by atoms with Crippen LogP contribution in [0.1, 0.15) is 19.3 Å². The fourth-order valence-corrected chi connectivity index (χ4v) is 2.83. The molecule has 1 aliphatic heterocycles. The minimum Gasteiger partial charge on any atom is -0.495 e. The van der Waals surface area contributed by atoms with Crippen LogP contribution in [0.4, 0.5) is 5.69 Å². The van der Waals surface area contributed by atoms with Crippen LogP contribution >= 0.6 is 23.2 Å². The van der Waals surface area contributed by atoms with Crippen LogP contribution in [0.2, 0.25) is 10.0 Å². The van der Waals surface area contributed by atoms with Gasteiger partial charge in [-0.3, -0.25) is 0 Å². The molecule has 1 aromatic carbocycles. The molecule has 1 heterocycles. The molecule has 0 aliphatic carbocycles. The zero-order chi connectivity index (χ0) is 14.0. The molecule has 6 heteroatoms. The van der Waals surface area contributed by atoms with Gasteiger partial charge in [0.15, 0.2) is 0 Å². The van der Waals surface area contributed by atoms with E-state index in [9.17, 15) is 9.90 Å². The van der Waals surface area contributed by atoms with Gasteiger partial charge in [-0.2, -0.15) is 0 Å². The van der Waals surface area contributed by atoms with Gasteiger partial charge in [0.25, 0.3) is 0 Å². The summed E-state index contributed by atoms with van der Waals surface area (Å²) >= 11 is 12.3. The topological polar surface area (TPSA) is 49.8 Å². The third kappa shape index (κ3) is 2.74. The number of rotatable bonds is 3. The van der Waals surface area contributed by atoms with Crippen molar-refractivity contribution in [3.8, 4) is 5.75 Å². The number of anilines is 1. The van der Waals surface area contributed by atoms with Gasteiger partial charge in [0.2, 0.25) is 0 Å². The van der Waals surface area contributed by atoms with Crippen molar-refractivity contribution in [1.82, 2.24) is 0 Å². The lowest BCUT2D eigenvalue weighted by molar-refractivity contribution is -0.139. The summed E-state index contributed by atoms with van der Waals surface area (Å²) < 4.78 is 5.28. The van der Waals surface area contributed by atoms with Crippen LogP contribution in [0.5, 0.6) is 5.75 Å². The van der Waals surface area contributed by atoms with Crippen molar-refractivity contribution < 1.29 is 14.6 Å². The minimum atomic E-state index is -0.849.